The van der Waals surface area contributed by atoms with Crippen LogP contribution in [0.4, 0.5) is 17.8 Å². The molecule has 0 aliphatic heterocycles. The minimum Gasteiger partial charge on any atom is -0.395 e. The molecule has 0 saturated carbocycles. The van der Waals surface area contributed by atoms with E-state index in [1.807, 2.05) is 48.5 Å². The van der Waals surface area contributed by atoms with Gasteiger partial charge in [0.2, 0.25) is 17.8 Å². The minimum absolute atomic E-state index is 0.00916. The molecule has 3 rings (SSSR count). The van der Waals surface area contributed by atoms with Gasteiger partial charge >= 0.3 is 0 Å². The Morgan fingerprint density at radius 2 is 1.15 bits per heavy atom. The molecule has 0 saturated heterocycles. The highest BCUT2D eigenvalue weighted by atomic mass is 16.3. The summed E-state index contributed by atoms with van der Waals surface area (Å²) >= 11 is 0. The van der Waals surface area contributed by atoms with Gasteiger partial charge in [0.15, 0.2) is 0 Å². The first kappa shape index (κ1) is 18.6. The highest BCUT2D eigenvalue weighted by molar-refractivity contribution is 5.42. The van der Waals surface area contributed by atoms with E-state index < -0.39 is 0 Å². The molecule has 0 spiro atoms. The molecule has 0 fully saturated rings. The summed E-state index contributed by atoms with van der Waals surface area (Å²) in [6.45, 7) is 1.72. The zero-order valence-electron chi connectivity index (χ0n) is 15.1. The molecule has 2 aromatic carbocycles. The Morgan fingerprint density at radius 3 is 1.74 bits per heavy atom. The number of nitrogens with zero attached hydrogens (tertiary/aromatic N) is 3. The molecule has 0 atom stereocenters. The summed E-state index contributed by atoms with van der Waals surface area (Å²) in [5.41, 5.74) is 2.39. The largest absolute Gasteiger partial charge is 0.395 e. The number of aliphatic hydroxyl groups is 1. The molecule has 0 unspecified atom stereocenters. The van der Waals surface area contributed by atoms with Crippen LogP contribution in [-0.2, 0) is 13.0 Å². The molecule has 4 N–H and O–H groups in total. The standard InChI is InChI=1S/C20H24N6O/c27-14-13-22-19-24-18(21-12-11-16-7-3-1-4-8-16)25-20(26-19)23-15-17-9-5-2-6-10-17/h1-10,27H,11-15H2,(H3,21,22,23,24,25,26). The third-order valence-electron chi connectivity index (χ3n) is 3.86. The number of hydrogen-bond donors (Lipinski definition) is 4. The van der Waals surface area contributed by atoms with Crippen LogP contribution in [-0.4, -0.2) is 39.8 Å². The lowest BCUT2D eigenvalue weighted by Crippen LogP contribution is -2.15. The van der Waals surface area contributed by atoms with Gasteiger partial charge in [0.05, 0.1) is 6.61 Å². The second-order valence-electron chi connectivity index (χ2n) is 5.96. The van der Waals surface area contributed by atoms with Crippen LogP contribution in [0.5, 0.6) is 0 Å². The molecule has 0 aliphatic carbocycles. The van der Waals surface area contributed by atoms with Crippen LogP contribution in [0, 0.1) is 0 Å². The summed E-state index contributed by atoms with van der Waals surface area (Å²) in [4.78, 5) is 13.2. The summed E-state index contributed by atoms with van der Waals surface area (Å²) in [5.74, 6) is 1.41. The molecule has 140 valence electrons. The second kappa shape index (κ2) is 10.1. The summed E-state index contributed by atoms with van der Waals surface area (Å²) in [7, 11) is 0. The topological polar surface area (TPSA) is 95.0 Å². The van der Waals surface area contributed by atoms with E-state index in [0.29, 0.717) is 37.5 Å². The Labute approximate surface area is 158 Å². The van der Waals surface area contributed by atoms with Crippen LogP contribution < -0.4 is 16.0 Å². The van der Waals surface area contributed by atoms with Gasteiger partial charge in [-0.25, -0.2) is 0 Å². The number of aromatic nitrogens is 3. The van der Waals surface area contributed by atoms with Crippen molar-refractivity contribution in [1.82, 2.24) is 15.0 Å². The fraction of sp³-hybridized carbons (Fsp3) is 0.250. The predicted octanol–water partition coefficient (Wildman–Crippen LogP) is 2.54. The van der Waals surface area contributed by atoms with E-state index in [9.17, 15) is 0 Å². The molecule has 7 heteroatoms. The predicted molar refractivity (Wildman–Crippen MR) is 108 cm³/mol. The number of aliphatic hydroxyl groups excluding tert-OH is 1. The van der Waals surface area contributed by atoms with Crippen LogP contribution in [0.2, 0.25) is 0 Å². The number of rotatable bonds is 10. The van der Waals surface area contributed by atoms with Crippen LogP contribution in [0.15, 0.2) is 60.7 Å². The molecule has 0 aliphatic rings. The van der Waals surface area contributed by atoms with Gasteiger partial charge in [-0.3, -0.25) is 0 Å². The van der Waals surface area contributed by atoms with Crippen LogP contribution in [0.3, 0.4) is 0 Å². The highest BCUT2D eigenvalue weighted by Gasteiger charge is 2.06. The molecule has 27 heavy (non-hydrogen) atoms. The van der Waals surface area contributed by atoms with Crippen molar-refractivity contribution in [3.8, 4) is 0 Å². The fourth-order valence-electron chi connectivity index (χ4n) is 2.52. The van der Waals surface area contributed by atoms with Crippen molar-refractivity contribution in [2.24, 2.45) is 0 Å². The van der Waals surface area contributed by atoms with Crippen molar-refractivity contribution in [2.75, 3.05) is 35.6 Å². The van der Waals surface area contributed by atoms with Gasteiger partial charge in [-0.05, 0) is 17.5 Å². The Hall–Kier alpha value is -3.19. The Kier molecular flexibility index (Phi) is 6.94. The van der Waals surface area contributed by atoms with Gasteiger partial charge in [0.1, 0.15) is 0 Å². The minimum atomic E-state index is 0.00916. The molecule has 1 aromatic heterocycles. The molecule has 0 bridgehead atoms. The molecule has 7 nitrogen and oxygen atoms in total. The lowest BCUT2D eigenvalue weighted by molar-refractivity contribution is 0.311. The molecule has 3 aromatic rings. The van der Waals surface area contributed by atoms with Gasteiger partial charge in [-0.2, -0.15) is 15.0 Å². The molecular weight excluding hydrogens is 340 g/mol. The lowest BCUT2D eigenvalue weighted by Gasteiger charge is -2.11. The van der Waals surface area contributed by atoms with E-state index in [2.05, 4.69) is 43.0 Å². The number of benzene rings is 2. The third-order valence-corrected chi connectivity index (χ3v) is 3.86. The van der Waals surface area contributed by atoms with Crippen molar-refractivity contribution in [1.29, 1.82) is 0 Å². The summed E-state index contributed by atoms with van der Waals surface area (Å²) in [6, 6.07) is 20.3. The monoisotopic (exact) mass is 364 g/mol. The Balaban J connectivity index is 1.64. The second-order valence-corrected chi connectivity index (χ2v) is 5.96. The van der Waals surface area contributed by atoms with Crippen molar-refractivity contribution in [3.05, 3.63) is 71.8 Å². The quantitative estimate of drug-likeness (QED) is 0.439. The van der Waals surface area contributed by atoms with E-state index in [1.54, 1.807) is 0 Å². The van der Waals surface area contributed by atoms with Crippen molar-refractivity contribution >= 4 is 17.8 Å². The molecule has 0 amide bonds. The summed E-state index contributed by atoms with van der Waals surface area (Å²) in [5, 5.41) is 18.5. The van der Waals surface area contributed by atoms with Gasteiger partial charge < -0.3 is 21.1 Å². The van der Waals surface area contributed by atoms with E-state index in [4.69, 9.17) is 5.11 Å². The summed E-state index contributed by atoms with van der Waals surface area (Å²) in [6.07, 6.45) is 0.874. The fourth-order valence-corrected chi connectivity index (χ4v) is 2.52. The van der Waals surface area contributed by atoms with Crippen LogP contribution >= 0.6 is 0 Å². The normalized spacial score (nSPS) is 10.4. The first-order valence-electron chi connectivity index (χ1n) is 9.00. The zero-order chi connectivity index (χ0) is 18.7. The lowest BCUT2D eigenvalue weighted by atomic mass is 10.1. The highest BCUT2D eigenvalue weighted by Crippen LogP contribution is 2.11. The van der Waals surface area contributed by atoms with E-state index in [0.717, 1.165) is 12.0 Å². The Morgan fingerprint density at radius 1 is 0.630 bits per heavy atom. The molecule has 0 radical (unpaired) electrons. The average Bonchev–Trinajstić information content (AvgIpc) is 2.72. The first-order chi connectivity index (χ1) is 13.3. The summed E-state index contributed by atoms with van der Waals surface area (Å²) < 4.78 is 0. The van der Waals surface area contributed by atoms with Crippen LogP contribution in [0.1, 0.15) is 11.1 Å². The van der Waals surface area contributed by atoms with Crippen molar-refractivity contribution < 1.29 is 5.11 Å². The maximum Gasteiger partial charge on any atom is 0.229 e. The third kappa shape index (κ3) is 6.23. The molecular formula is C20H24N6O. The average molecular weight is 364 g/mol. The molecule has 1 heterocycles. The van der Waals surface area contributed by atoms with E-state index >= 15 is 0 Å². The number of nitrogens with one attached hydrogen (secondary N) is 3. The van der Waals surface area contributed by atoms with E-state index in [-0.39, 0.29) is 6.61 Å². The van der Waals surface area contributed by atoms with E-state index in [1.165, 1.54) is 5.56 Å². The zero-order valence-corrected chi connectivity index (χ0v) is 15.1. The van der Waals surface area contributed by atoms with Crippen molar-refractivity contribution in [2.45, 2.75) is 13.0 Å². The first-order valence-corrected chi connectivity index (χ1v) is 9.00. The maximum absolute atomic E-state index is 9.02. The van der Waals surface area contributed by atoms with Crippen LogP contribution in [0.25, 0.3) is 0 Å². The van der Waals surface area contributed by atoms with Gasteiger partial charge in [0.25, 0.3) is 0 Å². The smallest absolute Gasteiger partial charge is 0.229 e. The SMILES string of the molecule is OCCNc1nc(NCCc2ccccc2)nc(NCc2ccccc2)n1. The van der Waals surface area contributed by atoms with Crippen molar-refractivity contribution in [3.63, 3.8) is 0 Å². The van der Waals surface area contributed by atoms with Gasteiger partial charge in [-0.1, -0.05) is 60.7 Å². The van der Waals surface area contributed by atoms with Gasteiger partial charge in [0, 0.05) is 19.6 Å². The Bertz CT molecular complexity index is 813. The maximum atomic E-state index is 9.02. The van der Waals surface area contributed by atoms with Gasteiger partial charge in [-0.15, -0.1) is 0 Å². The number of anilines is 3. The number of hydrogen-bond acceptors (Lipinski definition) is 7.